The summed E-state index contributed by atoms with van der Waals surface area (Å²) in [6.07, 6.45) is 0.622. The molecule has 2 amide bonds. The van der Waals surface area contributed by atoms with Crippen LogP contribution in [0.5, 0.6) is 5.75 Å². The second-order valence-corrected chi connectivity index (χ2v) is 12.3. The van der Waals surface area contributed by atoms with Crippen molar-refractivity contribution in [2.24, 2.45) is 0 Å². The van der Waals surface area contributed by atoms with E-state index in [1.807, 2.05) is 67.3 Å². The van der Waals surface area contributed by atoms with E-state index in [0.29, 0.717) is 24.3 Å². The number of amides is 2. The van der Waals surface area contributed by atoms with Crippen LogP contribution in [0.3, 0.4) is 0 Å². The first-order valence-corrected chi connectivity index (χ1v) is 14.7. The van der Waals surface area contributed by atoms with Crippen molar-refractivity contribution in [3.05, 3.63) is 83.9 Å². The number of hydrogen-bond acceptors (Lipinski definition) is 6. The first-order chi connectivity index (χ1) is 19.1. The van der Waals surface area contributed by atoms with E-state index in [4.69, 9.17) is 4.74 Å². The van der Waals surface area contributed by atoms with E-state index in [1.54, 1.807) is 17.0 Å². The average Bonchev–Trinajstić information content (AvgIpc) is 3.21. The molecule has 1 spiro atoms. The molecule has 2 aliphatic rings. The van der Waals surface area contributed by atoms with Gasteiger partial charge in [-0.1, -0.05) is 24.3 Å². The van der Waals surface area contributed by atoms with Crippen LogP contribution >= 0.6 is 0 Å². The van der Waals surface area contributed by atoms with Crippen LogP contribution in [0.25, 0.3) is 0 Å². The van der Waals surface area contributed by atoms with Crippen LogP contribution in [-0.2, 0) is 19.6 Å². The van der Waals surface area contributed by atoms with E-state index in [0.717, 1.165) is 16.8 Å². The van der Waals surface area contributed by atoms with Gasteiger partial charge in [-0.15, -0.1) is 0 Å². The Hall–Kier alpha value is -3.89. The van der Waals surface area contributed by atoms with Gasteiger partial charge in [-0.05, 0) is 86.3 Å². The molecule has 0 atom stereocenters. The maximum Gasteiger partial charge on any atom is 0.250 e. The molecule has 40 heavy (non-hydrogen) atoms. The van der Waals surface area contributed by atoms with Crippen LogP contribution in [0.2, 0.25) is 0 Å². The van der Waals surface area contributed by atoms with Gasteiger partial charge in [-0.25, -0.2) is 8.42 Å². The van der Waals surface area contributed by atoms with Gasteiger partial charge in [0.25, 0.3) is 0 Å². The molecule has 0 saturated carbocycles. The van der Waals surface area contributed by atoms with Gasteiger partial charge in [0.2, 0.25) is 21.8 Å². The molecule has 5 rings (SSSR count). The van der Waals surface area contributed by atoms with E-state index >= 15 is 0 Å². The summed E-state index contributed by atoms with van der Waals surface area (Å²) in [6, 6.07) is 21.6. The lowest BCUT2D eigenvalue weighted by atomic mass is 9.86. The van der Waals surface area contributed by atoms with E-state index in [2.05, 4.69) is 5.32 Å². The highest BCUT2D eigenvalue weighted by Gasteiger charge is 2.55. The summed E-state index contributed by atoms with van der Waals surface area (Å²) in [5.41, 5.74) is 2.81. The third kappa shape index (κ3) is 5.16. The van der Waals surface area contributed by atoms with Crippen LogP contribution in [0.4, 0.5) is 11.4 Å². The molecule has 0 aliphatic carbocycles. The molecule has 9 nitrogen and oxygen atoms in total. The van der Waals surface area contributed by atoms with Crippen LogP contribution in [-0.4, -0.2) is 68.4 Å². The quantitative estimate of drug-likeness (QED) is 0.471. The number of para-hydroxylation sites is 1. The molecule has 0 unspecified atom stereocenters. The number of aryl methyl sites for hydroxylation is 2. The Balaban J connectivity index is 1.35. The summed E-state index contributed by atoms with van der Waals surface area (Å²) in [5.74, 6) is 0.141. The average molecular weight is 563 g/mol. The van der Waals surface area contributed by atoms with Gasteiger partial charge < -0.3 is 19.9 Å². The molecule has 2 saturated heterocycles. The minimum Gasteiger partial charge on any atom is -0.497 e. The molecule has 2 aliphatic heterocycles. The van der Waals surface area contributed by atoms with Crippen molar-refractivity contribution in [3.63, 3.8) is 0 Å². The van der Waals surface area contributed by atoms with Crippen molar-refractivity contribution in [1.29, 1.82) is 0 Å². The second kappa shape index (κ2) is 10.9. The number of carbonyl (C=O) groups is 2. The van der Waals surface area contributed by atoms with Crippen LogP contribution in [0.15, 0.2) is 77.7 Å². The summed E-state index contributed by atoms with van der Waals surface area (Å²) in [5, 5.41) is 2.91. The van der Waals surface area contributed by atoms with Crippen LogP contribution in [0, 0.1) is 13.8 Å². The minimum atomic E-state index is -3.74. The van der Waals surface area contributed by atoms with Gasteiger partial charge in [-0.2, -0.15) is 4.31 Å². The first kappa shape index (κ1) is 27.7. The molecule has 0 bridgehead atoms. The summed E-state index contributed by atoms with van der Waals surface area (Å²) < 4.78 is 33.3. The van der Waals surface area contributed by atoms with Gasteiger partial charge >= 0.3 is 0 Å². The Morgan fingerprint density at radius 3 is 2.25 bits per heavy atom. The lowest BCUT2D eigenvalue weighted by Gasteiger charge is -2.42. The minimum absolute atomic E-state index is 0.0926. The number of nitrogens with one attached hydrogen (secondary N) is 1. The van der Waals surface area contributed by atoms with Crippen LogP contribution < -0.4 is 15.0 Å². The van der Waals surface area contributed by atoms with Gasteiger partial charge in [0.05, 0.1) is 18.7 Å². The molecule has 2 heterocycles. The summed E-state index contributed by atoms with van der Waals surface area (Å²) in [7, 11) is -2.21. The monoisotopic (exact) mass is 562 g/mol. The molecular weight excluding hydrogens is 528 g/mol. The lowest BCUT2D eigenvalue weighted by Crippen LogP contribution is -2.57. The van der Waals surface area contributed by atoms with E-state index in [-0.39, 0.29) is 43.0 Å². The number of methoxy groups -OCH3 is 1. The lowest BCUT2D eigenvalue weighted by molar-refractivity contribution is -0.136. The number of anilines is 2. The number of hydrogen-bond donors (Lipinski definition) is 1. The van der Waals surface area contributed by atoms with Gasteiger partial charge in [-0.3, -0.25) is 9.59 Å². The molecule has 0 radical (unpaired) electrons. The molecular formula is C30H34N4O5S. The van der Waals surface area contributed by atoms with Crippen molar-refractivity contribution in [2.45, 2.75) is 37.1 Å². The van der Waals surface area contributed by atoms with Crippen molar-refractivity contribution >= 4 is 33.2 Å². The van der Waals surface area contributed by atoms with Gasteiger partial charge in [0.1, 0.15) is 17.8 Å². The molecule has 3 aromatic carbocycles. The number of sulfonamides is 1. The zero-order valence-corrected chi connectivity index (χ0v) is 23.8. The normalized spacial score (nSPS) is 17.3. The van der Waals surface area contributed by atoms with Crippen molar-refractivity contribution in [3.8, 4) is 5.75 Å². The highest BCUT2D eigenvalue weighted by Crippen LogP contribution is 2.40. The highest BCUT2D eigenvalue weighted by atomic mass is 32.2. The van der Waals surface area contributed by atoms with E-state index in [1.165, 1.54) is 23.5 Å². The largest absolute Gasteiger partial charge is 0.497 e. The fourth-order valence-electron chi connectivity index (χ4n) is 5.51. The maximum atomic E-state index is 14.0. The van der Waals surface area contributed by atoms with Gasteiger partial charge in [0.15, 0.2) is 0 Å². The Kier molecular flexibility index (Phi) is 7.57. The molecule has 3 aromatic rings. The Morgan fingerprint density at radius 2 is 1.62 bits per heavy atom. The predicted octanol–water partition coefficient (Wildman–Crippen LogP) is 3.78. The number of ether oxygens (including phenoxy) is 1. The van der Waals surface area contributed by atoms with Crippen molar-refractivity contribution < 1.29 is 22.7 Å². The summed E-state index contributed by atoms with van der Waals surface area (Å²) in [6.45, 7) is 4.52. The highest BCUT2D eigenvalue weighted by molar-refractivity contribution is 7.89. The zero-order valence-electron chi connectivity index (χ0n) is 23.0. The summed E-state index contributed by atoms with van der Waals surface area (Å²) in [4.78, 5) is 30.7. The molecule has 2 fully saturated rings. The zero-order chi connectivity index (χ0) is 28.5. The van der Waals surface area contributed by atoms with Crippen molar-refractivity contribution in [1.82, 2.24) is 9.21 Å². The predicted molar refractivity (Wildman–Crippen MR) is 154 cm³/mol. The fraction of sp³-hybridized carbons (Fsp3) is 0.333. The second-order valence-electron chi connectivity index (χ2n) is 10.4. The molecule has 210 valence electrons. The van der Waals surface area contributed by atoms with Gasteiger partial charge in [0, 0.05) is 24.5 Å². The van der Waals surface area contributed by atoms with Crippen LogP contribution in [0.1, 0.15) is 24.0 Å². The molecule has 10 heteroatoms. The number of rotatable bonds is 7. The topological polar surface area (TPSA) is 99.3 Å². The molecule has 1 N–H and O–H groups in total. The third-order valence-electron chi connectivity index (χ3n) is 7.95. The van der Waals surface area contributed by atoms with E-state index < -0.39 is 15.6 Å². The number of carbonyl (C=O) groups excluding carboxylic acids is 2. The third-order valence-corrected chi connectivity index (χ3v) is 9.87. The maximum absolute atomic E-state index is 14.0. The number of benzene rings is 3. The standard InChI is InChI=1S/C30H34N4O5S/c1-22-9-10-24(19-23(22)2)31-28(35)20-32-21-34(25-7-5-4-6-8-25)30(29(32)36)15-17-33(18-16-30)40(37,38)27-13-11-26(39-3)12-14-27/h4-14,19H,15-18,20-21H2,1-3H3,(H,31,35). The Morgan fingerprint density at radius 1 is 0.950 bits per heavy atom. The first-order valence-electron chi connectivity index (χ1n) is 13.3. The number of piperidine rings is 1. The van der Waals surface area contributed by atoms with E-state index in [9.17, 15) is 18.0 Å². The Labute approximate surface area is 235 Å². The smallest absolute Gasteiger partial charge is 0.250 e. The summed E-state index contributed by atoms with van der Waals surface area (Å²) >= 11 is 0. The molecule has 0 aromatic heterocycles. The fourth-order valence-corrected chi connectivity index (χ4v) is 6.95. The number of nitrogens with zero attached hydrogens (tertiary/aromatic N) is 3. The van der Waals surface area contributed by atoms with Crippen molar-refractivity contribution in [2.75, 3.05) is 43.6 Å². The Bertz CT molecular complexity index is 1500. The SMILES string of the molecule is COc1ccc(S(=O)(=O)N2CCC3(CC2)C(=O)N(CC(=O)Nc2ccc(C)c(C)c2)CN3c2ccccc2)cc1.